The Morgan fingerprint density at radius 2 is 2.36 bits per heavy atom. The molecule has 1 nitrogen and oxygen atoms in total. The second kappa shape index (κ2) is 3.21. The fraction of sp³-hybridized carbons (Fsp3) is 0.889. The summed E-state index contributed by atoms with van der Waals surface area (Å²) in [5, 5.41) is 0. The van der Waals surface area contributed by atoms with Crippen LogP contribution in [0.3, 0.4) is 0 Å². The Hall–Kier alpha value is -0.580. The van der Waals surface area contributed by atoms with Crippen molar-refractivity contribution in [1.82, 2.24) is 0 Å². The molecule has 0 radical (unpaired) electrons. The second-order valence-corrected chi connectivity index (χ2v) is 3.56. The number of hydrogen-bond acceptors (Lipinski definition) is 0. The molecule has 0 spiro atoms. The topological polar surface area (TPSA) is 4.36 Å². The van der Waals surface area contributed by atoms with Gasteiger partial charge in [-0.05, 0) is 19.8 Å². The maximum atomic E-state index is 13.6. The van der Waals surface area contributed by atoms with Gasteiger partial charge in [0.05, 0.1) is 5.92 Å². The van der Waals surface area contributed by atoms with Crippen LogP contribution in [0.2, 0.25) is 0 Å². The highest BCUT2D eigenvalue weighted by molar-refractivity contribution is 4.90. The zero-order valence-electron chi connectivity index (χ0n) is 6.94. The van der Waals surface area contributed by atoms with Gasteiger partial charge in [-0.25, -0.2) is 11.0 Å². The molecule has 1 aliphatic carbocycles. The molecule has 2 unspecified atom stereocenters. The number of hydrogen-bond donors (Lipinski definition) is 0. The van der Waals surface area contributed by atoms with Crippen molar-refractivity contribution in [2.24, 2.45) is 5.92 Å². The molecular weight excluding hydrogens is 141 g/mol. The van der Waals surface area contributed by atoms with Gasteiger partial charge in [-0.2, -0.15) is 0 Å². The summed E-state index contributed by atoms with van der Waals surface area (Å²) in [6.07, 6.45) is 3.63. The molecule has 1 aliphatic rings. The molecule has 0 amide bonds. The standard InChI is InChI=1S/C9H14FN/c1-9(10)6-4-3-5-8(9)7-11-2/h8H,3-7H2,1H3. The average molecular weight is 155 g/mol. The first-order valence-corrected chi connectivity index (χ1v) is 4.19. The van der Waals surface area contributed by atoms with Gasteiger partial charge in [-0.3, -0.25) is 0 Å². The van der Waals surface area contributed by atoms with Crippen molar-refractivity contribution < 1.29 is 4.39 Å². The lowest BCUT2D eigenvalue weighted by Crippen LogP contribution is -2.34. The Morgan fingerprint density at radius 1 is 1.64 bits per heavy atom. The molecule has 0 aromatic rings. The minimum Gasteiger partial charge on any atom is -0.317 e. The highest BCUT2D eigenvalue weighted by atomic mass is 19.1. The molecule has 0 aliphatic heterocycles. The van der Waals surface area contributed by atoms with Crippen LogP contribution in [-0.4, -0.2) is 12.2 Å². The van der Waals surface area contributed by atoms with Crippen LogP contribution in [0.1, 0.15) is 32.6 Å². The number of nitrogens with zero attached hydrogens (tertiary/aromatic N) is 1. The van der Waals surface area contributed by atoms with Crippen LogP contribution in [0.15, 0.2) is 0 Å². The summed E-state index contributed by atoms with van der Waals surface area (Å²) >= 11 is 0. The van der Waals surface area contributed by atoms with Gasteiger partial charge in [0.25, 0.3) is 0 Å². The second-order valence-electron chi connectivity index (χ2n) is 3.56. The number of halogens is 1. The third-order valence-electron chi connectivity index (χ3n) is 2.63. The van der Waals surface area contributed by atoms with E-state index in [9.17, 15) is 4.39 Å². The molecule has 2 atom stereocenters. The summed E-state index contributed by atoms with van der Waals surface area (Å²) in [5.74, 6) is -0.00579. The van der Waals surface area contributed by atoms with Gasteiger partial charge >= 0.3 is 0 Å². The highest BCUT2D eigenvalue weighted by Gasteiger charge is 2.38. The first kappa shape index (κ1) is 8.52. The number of rotatable bonds is 1. The smallest absolute Gasteiger partial charge is 0.220 e. The first-order chi connectivity index (χ1) is 5.17. The lowest BCUT2D eigenvalue weighted by atomic mass is 9.78. The Morgan fingerprint density at radius 3 is 2.91 bits per heavy atom. The van der Waals surface area contributed by atoms with Gasteiger partial charge in [0.15, 0.2) is 0 Å². The van der Waals surface area contributed by atoms with E-state index in [1.54, 1.807) is 6.92 Å². The average Bonchev–Trinajstić information content (AvgIpc) is 1.94. The van der Waals surface area contributed by atoms with E-state index in [0.717, 1.165) is 19.3 Å². The van der Waals surface area contributed by atoms with Crippen molar-refractivity contribution in [2.45, 2.75) is 38.3 Å². The van der Waals surface area contributed by atoms with E-state index in [0.29, 0.717) is 13.0 Å². The summed E-state index contributed by atoms with van der Waals surface area (Å²) in [6, 6.07) is 0. The summed E-state index contributed by atoms with van der Waals surface area (Å²) in [6.45, 7) is 8.68. The molecule has 0 saturated heterocycles. The third-order valence-corrected chi connectivity index (χ3v) is 2.63. The lowest BCUT2D eigenvalue weighted by molar-refractivity contribution is 0.0660. The maximum absolute atomic E-state index is 13.6. The zero-order chi connectivity index (χ0) is 8.32. The van der Waals surface area contributed by atoms with Crippen LogP contribution in [0, 0.1) is 12.5 Å². The van der Waals surface area contributed by atoms with Gasteiger partial charge in [-0.1, -0.05) is 12.8 Å². The number of alkyl halides is 1. The molecule has 0 heterocycles. The molecule has 0 aromatic heterocycles. The van der Waals surface area contributed by atoms with E-state index in [4.69, 9.17) is 6.57 Å². The van der Waals surface area contributed by atoms with Crippen molar-refractivity contribution in [3.05, 3.63) is 11.4 Å². The van der Waals surface area contributed by atoms with Crippen LogP contribution in [-0.2, 0) is 0 Å². The van der Waals surface area contributed by atoms with Crippen molar-refractivity contribution in [1.29, 1.82) is 0 Å². The SMILES string of the molecule is [C-]#[N+]CC1CCCCC1(C)F. The van der Waals surface area contributed by atoms with Crippen LogP contribution < -0.4 is 0 Å². The van der Waals surface area contributed by atoms with Gasteiger partial charge < -0.3 is 4.85 Å². The van der Waals surface area contributed by atoms with Crippen molar-refractivity contribution >= 4 is 0 Å². The van der Waals surface area contributed by atoms with E-state index in [1.165, 1.54) is 0 Å². The predicted molar refractivity (Wildman–Crippen MR) is 42.9 cm³/mol. The Bertz CT molecular complexity index is 169. The maximum Gasteiger partial charge on any atom is 0.220 e. The van der Waals surface area contributed by atoms with E-state index in [1.807, 2.05) is 0 Å². The van der Waals surface area contributed by atoms with Gasteiger partial charge in [0, 0.05) is 0 Å². The van der Waals surface area contributed by atoms with Crippen LogP contribution in [0.25, 0.3) is 4.85 Å². The van der Waals surface area contributed by atoms with Crippen LogP contribution >= 0.6 is 0 Å². The Labute approximate surface area is 67.4 Å². The summed E-state index contributed by atoms with van der Waals surface area (Å²) in [4.78, 5) is 3.26. The third kappa shape index (κ3) is 1.92. The van der Waals surface area contributed by atoms with Gasteiger partial charge in [-0.15, -0.1) is 0 Å². The molecular formula is C9H14FN. The Balaban J connectivity index is 2.54. The quantitative estimate of drug-likeness (QED) is 0.513. The van der Waals surface area contributed by atoms with E-state index >= 15 is 0 Å². The highest BCUT2D eigenvalue weighted by Crippen LogP contribution is 2.36. The zero-order valence-corrected chi connectivity index (χ0v) is 6.94. The largest absolute Gasteiger partial charge is 0.317 e. The summed E-state index contributed by atoms with van der Waals surface area (Å²) in [7, 11) is 0. The molecule has 2 heteroatoms. The van der Waals surface area contributed by atoms with Crippen molar-refractivity contribution in [2.75, 3.05) is 6.54 Å². The van der Waals surface area contributed by atoms with Crippen molar-refractivity contribution in [3.63, 3.8) is 0 Å². The van der Waals surface area contributed by atoms with E-state index < -0.39 is 5.67 Å². The molecule has 1 rings (SSSR count). The molecule has 1 saturated carbocycles. The fourth-order valence-corrected chi connectivity index (χ4v) is 1.76. The van der Waals surface area contributed by atoms with Gasteiger partial charge in [0.2, 0.25) is 6.54 Å². The minimum atomic E-state index is -1.07. The van der Waals surface area contributed by atoms with E-state index in [2.05, 4.69) is 4.85 Å². The Kier molecular flexibility index (Phi) is 2.49. The van der Waals surface area contributed by atoms with Crippen molar-refractivity contribution in [3.8, 4) is 0 Å². The molecule has 0 bridgehead atoms. The molecule has 0 aromatic carbocycles. The molecule has 1 fully saturated rings. The summed E-state index contributed by atoms with van der Waals surface area (Å²) < 4.78 is 13.6. The van der Waals surface area contributed by atoms with Crippen LogP contribution in [0.4, 0.5) is 4.39 Å². The van der Waals surface area contributed by atoms with Gasteiger partial charge in [0.1, 0.15) is 5.67 Å². The fourth-order valence-electron chi connectivity index (χ4n) is 1.76. The molecule has 62 valence electrons. The van der Waals surface area contributed by atoms with Crippen LogP contribution in [0.5, 0.6) is 0 Å². The van der Waals surface area contributed by atoms with E-state index in [-0.39, 0.29) is 5.92 Å². The minimum absolute atomic E-state index is 0.00579. The monoisotopic (exact) mass is 155 g/mol. The normalized spacial score (nSPS) is 38.1. The molecule has 11 heavy (non-hydrogen) atoms. The lowest BCUT2D eigenvalue weighted by Gasteiger charge is -2.31. The first-order valence-electron chi connectivity index (χ1n) is 4.19. The molecule has 0 N–H and O–H groups in total. The summed E-state index contributed by atoms with van der Waals surface area (Å²) in [5.41, 5.74) is -1.07. The predicted octanol–water partition coefficient (Wildman–Crippen LogP) is 2.82.